The number of carbonyl (C=O) groups is 1. The number of ether oxygens (including phenoxy) is 2. The number of pyridine rings is 1. The maximum absolute atomic E-state index is 13.1. The van der Waals surface area contributed by atoms with Crippen LogP contribution in [0.5, 0.6) is 5.75 Å². The van der Waals surface area contributed by atoms with Crippen molar-refractivity contribution in [2.75, 3.05) is 6.79 Å². The molecule has 1 saturated carbocycles. The SMILES string of the molecule is C[C@@H](c1ccccn1)N(C(=O)c1ccc2c(c1)COCO2)C1CC1. The van der Waals surface area contributed by atoms with Crippen molar-refractivity contribution in [2.24, 2.45) is 0 Å². The maximum atomic E-state index is 13.1. The van der Waals surface area contributed by atoms with Crippen molar-refractivity contribution < 1.29 is 14.3 Å². The van der Waals surface area contributed by atoms with E-state index >= 15 is 0 Å². The van der Waals surface area contributed by atoms with Gasteiger partial charge in [-0.1, -0.05) is 6.07 Å². The third-order valence-corrected chi connectivity index (χ3v) is 4.57. The Morgan fingerprint density at radius 1 is 1.29 bits per heavy atom. The Balaban J connectivity index is 1.63. The topological polar surface area (TPSA) is 51.7 Å². The minimum absolute atomic E-state index is 0.0454. The number of nitrogens with zero attached hydrogens (tertiary/aromatic N) is 2. The molecular formula is C19H20N2O3. The monoisotopic (exact) mass is 324 g/mol. The van der Waals surface area contributed by atoms with Crippen molar-refractivity contribution in [1.29, 1.82) is 0 Å². The van der Waals surface area contributed by atoms with Crippen LogP contribution in [0.25, 0.3) is 0 Å². The third kappa shape index (κ3) is 2.87. The normalized spacial score (nSPS) is 17.5. The first kappa shape index (κ1) is 15.1. The van der Waals surface area contributed by atoms with Gasteiger partial charge in [-0.3, -0.25) is 9.78 Å². The number of carbonyl (C=O) groups excluding carboxylic acids is 1. The van der Waals surface area contributed by atoms with Crippen LogP contribution >= 0.6 is 0 Å². The highest BCUT2D eigenvalue weighted by Crippen LogP contribution is 2.35. The van der Waals surface area contributed by atoms with E-state index in [1.807, 2.05) is 48.2 Å². The van der Waals surface area contributed by atoms with Gasteiger partial charge < -0.3 is 14.4 Å². The Hall–Kier alpha value is -2.40. The van der Waals surface area contributed by atoms with Gasteiger partial charge in [-0.2, -0.15) is 0 Å². The van der Waals surface area contributed by atoms with Crippen molar-refractivity contribution in [3.63, 3.8) is 0 Å². The van der Waals surface area contributed by atoms with Gasteiger partial charge in [0.15, 0.2) is 6.79 Å². The van der Waals surface area contributed by atoms with Crippen LogP contribution in [0.4, 0.5) is 0 Å². The first-order valence-corrected chi connectivity index (χ1v) is 8.31. The lowest BCUT2D eigenvalue weighted by Gasteiger charge is -2.29. The van der Waals surface area contributed by atoms with Crippen LogP contribution in [0.15, 0.2) is 42.6 Å². The average Bonchev–Trinajstić information content (AvgIpc) is 3.47. The summed E-state index contributed by atoms with van der Waals surface area (Å²) in [7, 11) is 0. The molecule has 2 aliphatic rings. The van der Waals surface area contributed by atoms with Gasteiger partial charge in [0.05, 0.1) is 18.3 Å². The highest BCUT2D eigenvalue weighted by molar-refractivity contribution is 5.95. The summed E-state index contributed by atoms with van der Waals surface area (Å²) < 4.78 is 10.7. The number of fused-ring (bicyclic) bond motifs is 1. The van der Waals surface area contributed by atoms with Crippen LogP contribution < -0.4 is 4.74 Å². The summed E-state index contributed by atoms with van der Waals surface area (Å²) in [6, 6.07) is 11.7. The average molecular weight is 324 g/mol. The van der Waals surface area contributed by atoms with E-state index in [-0.39, 0.29) is 18.7 Å². The Morgan fingerprint density at radius 2 is 2.17 bits per heavy atom. The van der Waals surface area contributed by atoms with Crippen LogP contribution in [0.1, 0.15) is 47.4 Å². The molecule has 1 aromatic heterocycles. The van der Waals surface area contributed by atoms with E-state index in [4.69, 9.17) is 9.47 Å². The molecule has 24 heavy (non-hydrogen) atoms. The van der Waals surface area contributed by atoms with Crippen LogP contribution in [-0.2, 0) is 11.3 Å². The molecule has 1 fully saturated rings. The van der Waals surface area contributed by atoms with E-state index in [0.29, 0.717) is 18.2 Å². The van der Waals surface area contributed by atoms with Crippen LogP contribution in [0.3, 0.4) is 0 Å². The second-order valence-corrected chi connectivity index (χ2v) is 6.31. The zero-order chi connectivity index (χ0) is 16.5. The standard InChI is InChI=1S/C19H20N2O3/c1-13(17-4-2-3-9-20-17)21(16-6-7-16)19(22)14-5-8-18-15(10-14)11-23-12-24-18/h2-5,8-10,13,16H,6-7,11-12H2,1H3/t13-/m0/s1. The molecule has 2 aromatic rings. The smallest absolute Gasteiger partial charge is 0.254 e. The van der Waals surface area contributed by atoms with Gasteiger partial charge in [-0.15, -0.1) is 0 Å². The first-order valence-electron chi connectivity index (χ1n) is 8.31. The fourth-order valence-corrected chi connectivity index (χ4v) is 3.15. The van der Waals surface area contributed by atoms with Crippen LogP contribution in [0.2, 0.25) is 0 Å². The van der Waals surface area contributed by atoms with Crippen molar-refractivity contribution in [2.45, 2.75) is 38.5 Å². The summed E-state index contributed by atoms with van der Waals surface area (Å²) in [5.74, 6) is 0.845. The molecule has 1 aromatic carbocycles. The molecule has 1 atom stereocenters. The minimum atomic E-state index is -0.0465. The number of aromatic nitrogens is 1. The van der Waals surface area contributed by atoms with Gasteiger partial charge >= 0.3 is 0 Å². The predicted octanol–water partition coefficient (Wildman–Crippen LogP) is 3.31. The van der Waals surface area contributed by atoms with Gasteiger partial charge in [-0.25, -0.2) is 0 Å². The van der Waals surface area contributed by atoms with E-state index in [1.165, 1.54) is 0 Å². The van der Waals surface area contributed by atoms with E-state index in [2.05, 4.69) is 4.98 Å². The molecule has 1 aliphatic carbocycles. The lowest BCUT2D eigenvalue weighted by Crippen LogP contribution is -2.36. The molecule has 0 saturated heterocycles. The maximum Gasteiger partial charge on any atom is 0.254 e. The number of hydrogen-bond acceptors (Lipinski definition) is 4. The van der Waals surface area contributed by atoms with Gasteiger partial charge in [0.2, 0.25) is 0 Å². The second-order valence-electron chi connectivity index (χ2n) is 6.31. The van der Waals surface area contributed by atoms with Gasteiger partial charge in [0.25, 0.3) is 5.91 Å². The van der Waals surface area contributed by atoms with E-state index in [1.54, 1.807) is 6.20 Å². The molecule has 4 rings (SSSR count). The molecule has 1 aliphatic heterocycles. The predicted molar refractivity (Wildman–Crippen MR) is 88.6 cm³/mol. The molecule has 2 heterocycles. The fourth-order valence-electron chi connectivity index (χ4n) is 3.15. The number of amides is 1. The van der Waals surface area contributed by atoms with Crippen LogP contribution in [0, 0.1) is 0 Å². The van der Waals surface area contributed by atoms with Gasteiger partial charge in [0, 0.05) is 23.4 Å². The molecule has 124 valence electrons. The molecule has 0 radical (unpaired) electrons. The second kappa shape index (κ2) is 6.24. The zero-order valence-corrected chi connectivity index (χ0v) is 13.6. The first-order chi connectivity index (χ1) is 11.7. The number of hydrogen-bond donors (Lipinski definition) is 0. The van der Waals surface area contributed by atoms with E-state index < -0.39 is 0 Å². The van der Waals surface area contributed by atoms with Crippen molar-refractivity contribution >= 4 is 5.91 Å². The summed E-state index contributed by atoms with van der Waals surface area (Å²) in [4.78, 5) is 19.5. The summed E-state index contributed by atoms with van der Waals surface area (Å²) in [5.41, 5.74) is 2.52. The van der Waals surface area contributed by atoms with Crippen LogP contribution in [-0.4, -0.2) is 28.6 Å². The molecule has 0 spiro atoms. The molecule has 1 amide bonds. The van der Waals surface area contributed by atoms with Crippen molar-refractivity contribution in [3.05, 3.63) is 59.4 Å². The Labute approximate surface area is 141 Å². The molecule has 5 nitrogen and oxygen atoms in total. The molecular weight excluding hydrogens is 304 g/mol. The number of rotatable bonds is 4. The highest BCUT2D eigenvalue weighted by Gasteiger charge is 2.37. The number of benzene rings is 1. The lowest BCUT2D eigenvalue weighted by atomic mass is 10.1. The summed E-state index contributed by atoms with van der Waals surface area (Å²) >= 11 is 0. The Morgan fingerprint density at radius 3 is 2.92 bits per heavy atom. The highest BCUT2D eigenvalue weighted by atomic mass is 16.7. The quantitative estimate of drug-likeness (QED) is 0.866. The largest absolute Gasteiger partial charge is 0.467 e. The molecule has 0 bridgehead atoms. The zero-order valence-electron chi connectivity index (χ0n) is 13.6. The third-order valence-electron chi connectivity index (χ3n) is 4.57. The summed E-state index contributed by atoms with van der Waals surface area (Å²) in [5, 5.41) is 0. The molecule has 5 heteroatoms. The molecule has 0 unspecified atom stereocenters. The van der Waals surface area contributed by atoms with Crippen molar-refractivity contribution in [3.8, 4) is 5.75 Å². The Kier molecular flexibility index (Phi) is 3.94. The summed E-state index contributed by atoms with van der Waals surface area (Å²) in [6.45, 7) is 2.80. The molecule has 0 N–H and O–H groups in total. The van der Waals surface area contributed by atoms with Crippen molar-refractivity contribution in [1.82, 2.24) is 9.88 Å². The van der Waals surface area contributed by atoms with Gasteiger partial charge in [-0.05, 0) is 50.1 Å². The minimum Gasteiger partial charge on any atom is -0.467 e. The Bertz CT molecular complexity index is 744. The summed E-state index contributed by atoms with van der Waals surface area (Å²) in [6.07, 6.45) is 3.88. The van der Waals surface area contributed by atoms with E-state index in [0.717, 1.165) is 29.8 Å². The lowest BCUT2D eigenvalue weighted by molar-refractivity contribution is -0.0164. The van der Waals surface area contributed by atoms with Gasteiger partial charge in [0.1, 0.15) is 5.75 Å². The fraction of sp³-hybridized carbons (Fsp3) is 0.368. The van der Waals surface area contributed by atoms with E-state index in [9.17, 15) is 4.79 Å².